The Hall–Kier alpha value is -3.44. The van der Waals surface area contributed by atoms with Crippen LogP contribution < -0.4 is 10.2 Å². The van der Waals surface area contributed by atoms with Gasteiger partial charge in [-0.05, 0) is 55.9 Å². The van der Waals surface area contributed by atoms with Crippen molar-refractivity contribution in [1.82, 2.24) is 5.32 Å². The Balaban J connectivity index is 2.07. The van der Waals surface area contributed by atoms with Crippen molar-refractivity contribution in [1.29, 1.82) is 0 Å². The van der Waals surface area contributed by atoms with Crippen LogP contribution in [0.1, 0.15) is 59.7 Å². The number of carbonyl (C=O) groups excluding carboxylic acids is 1. The largest absolute Gasteiger partial charge is 0.350 e. The number of nitrogens with one attached hydrogen (secondary N) is 1. The molecule has 3 aromatic rings. The van der Waals surface area contributed by atoms with Crippen molar-refractivity contribution < 1.29 is 9.90 Å². The summed E-state index contributed by atoms with van der Waals surface area (Å²) in [4.78, 5) is 19.2. The van der Waals surface area contributed by atoms with E-state index in [4.69, 9.17) is 0 Å². The number of hydrogen-bond acceptors (Lipinski definition) is 3. The molecule has 0 saturated heterocycles. The van der Waals surface area contributed by atoms with Crippen LogP contribution in [0.2, 0.25) is 0 Å². The minimum atomic E-state index is -1.83. The van der Waals surface area contributed by atoms with Crippen LogP contribution in [0.4, 0.5) is 10.5 Å². The van der Waals surface area contributed by atoms with Gasteiger partial charge in [-0.2, -0.15) is 4.99 Å². The fraction of sp³-hybridized carbons (Fsp3) is 0.310. The summed E-state index contributed by atoms with van der Waals surface area (Å²) >= 11 is 0. The maximum atomic E-state index is 13.0. The molecule has 0 aromatic heterocycles. The van der Waals surface area contributed by atoms with E-state index in [0.29, 0.717) is 11.4 Å². The molecule has 0 saturated carbocycles. The molecule has 0 fully saturated rings. The molecule has 2 amide bonds. The van der Waals surface area contributed by atoms with Crippen molar-refractivity contribution in [3.63, 3.8) is 0 Å². The van der Waals surface area contributed by atoms with E-state index in [1.54, 1.807) is 4.90 Å². The molecule has 0 aliphatic carbocycles. The molecule has 5 heteroatoms. The maximum absolute atomic E-state index is 13.0. The summed E-state index contributed by atoms with van der Waals surface area (Å²) in [6, 6.07) is 19.3. The third-order valence-electron chi connectivity index (χ3n) is 6.36. The summed E-state index contributed by atoms with van der Waals surface area (Å²) in [5.74, 6) is -1.41. The topological polar surface area (TPSA) is 64.9 Å². The van der Waals surface area contributed by atoms with Gasteiger partial charge in [0.2, 0.25) is 0 Å². The molecule has 0 bridgehead atoms. The van der Waals surface area contributed by atoms with Crippen molar-refractivity contribution in [3.8, 4) is 0 Å². The number of hydrogen-bond donors (Lipinski definition) is 2. The smallest absolute Gasteiger partial charge is 0.346 e. The van der Waals surface area contributed by atoms with Gasteiger partial charge in [-0.1, -0.05) is 86.5 Å². The molecule has 0 spiro atoms. The number of benzene rings is 3. The highest BCUT2D eigenvalue weighted by Gasteiger charge is 2.47. The van der Waals surface area contributed by atoms with Gasteiger partial charge in [-0.15, -0.1) is 0 Å². The maximum Gasteiger partial charge on any atom is 0.346 e. The van der Waals surface area contributed by atoms with Crippen LogP contribution in [-0.4, -0.2) is 17.0 Å². The van der Waals surface area contributed by atoms with Crippen LogP contribution in [0.15, 0.2) is 65.7 Å². The van der Waals surface area contributed by atoms with E-state index in [9.17, 15) is 9.90 Å². The summed E-state index contributed by atoms with van der Waals surface area (Å²) < 4.78 is 0. The van der Waals surface area contributed by atoms with E-state index in [1.807, 2.05) is 76.2 Å². The van der Waals surface area contributed by atoms with Gasteiger partial charge in [0.15, 0.2) is 0 Å². The Bertz CT molecular complexity index is 1300. The van der Waals surface area contributed by atoms with Gasteiger partial charge < -0.3 is 5.11 Å². The molecule has 1 heterocycles. The normalized spacial score (nSPS) is 18.5. The summed E-state index contributed by atoms with van der Waals surface area (Å²) in [6.45, 7) is 14.4. The average molecular weight is 456 g/mol. The predicted molar refractivity (Wildman–Crippen MR) is 138 cm³/mol. The zero-order valence-corrected chi connectivity index (χ0v) is 21.0. The van der Waals surface area contributed by atoms with Crippen LogP contribution in [0.3, 0.4) is 0 Å². The highest BCUT2D eigenvalue weighted by molar-refractivity contribution is 6.17. The van der Waals surface area contributed by atoms with Crippen molar-refractivity contribution in [2.45, 2.75) is 59.7 Å². The Kier molecular flexibility index (Phi) is 5.86. The number of para-hydroxylation sites is 1. The number of aliphatic hydroxyl groups is 1. The molecule has 1 atom stereocenters. The monoisotopic (exact) mass is 455 g/mol. The van der Waals surface area contributed by atoms with Gasteiger partial charge in [0.1, 0.15) is 5.84 Å². The van der Waals surface area contributed by atoms with Gasteiger partial charge in [0.05, 0.1) is 5.69 Å². The molecule has 1 aliphatic heterocycles. The Morgan fingerprint density at radius 3 is 2.12 bits per heavy atom. The van der Waals surface area contributed by atoms with E-state index < -0.39 is 11.9 Å². The van der Waals surface area contributed by atoms with Crippen LogP contribution in [0, 0.1) is 27.7 Å². The van der Waals surface area contributed by atoms with Gasteiger partial charge in [0, 0.05) is 11.1 Å². The number of nitrogens with zero attached hydrogens (tertiary/aromatic N) is 2. The number of rotatable bonds is 3. The Morgan fingerprint density at radius 1 is 0.882 bits per heavy atom. The lowest BCUT2D eigenvalue weighted by molar-refractivity contribution is 0.0196. The highest BCUT2D eigenvalue weighted by atomic mass is 16.3. The molecular weight excluding hydrogens is 422 g/mol. The molecule has 0 radical (unpaired) electrons. The summed E-state index contributed by atoms with van der Waals surface area (Å²) in [6.07, 6.45) is 0. The van der Waals surface area contributed by atoms with E-state index in [1.165, 1.54) is 0 Å². The van der Waals surface area contributed by atoms with Crippen molar-refractivity contribution in [3.05, 3.63) is 99.6 Å². The molecule has 34 heavy (non-hydrogen) atoms. The lowest BCUT2D eigenvalue weighted by Gasteiger charge is -2.46. The molecular formula is C29H33N3O2. The second-order valence-electron chi connectivity index (χ2n) is 10.3. The number of amidine groups is 1. The van der Waals surface area contributed by atoms with Crippen molar-refractivity contribution in [2.75, 3.05) is 4.90 Å². The zero-order chi connectivity index (χ0) is 24.8. The average Bonchev–Trinajstić information content (AvgIpc) is 2.72. The standard InChI is InChI=1S/C29H33N3O2/c1-18-12-14-22(20(3)16-18)26-30-27(33)31-29(34,23-15-13-19(2)17-21(23)4)32(26)25-11-9-8-10-24(25)28(5,6)7/h8-17,34H,1-7H3,(H,31,33). The number of carbonyl (C=O) groups is 1. The van der Waals surface area contributed by atoms with Gasteiger partial charge >= 0.3 is 6.03 Å². The van der Waals surface area contributed by atoms with Gasteiger partial charge in [-0.25, -0.2) is 4.79 Å². The SMILES string of the molecule is Cc1ccc(C2=NC(=O)NC(O)(c3ccc(C)cc3C)N2c2ccccc2C(C)(C)C)c(C)c1. The van der Waals surface area contributed by atoms with Gasteiger partial charge in [0.25, 0.3) is 5.85 Å². The lowest BCUT2D eigenvalue weighted by atomic mass is 9.84. The fourth-order valence-corrected chi connectivity index (χ4v) is 4.76. The fourth-order valence-electron chi connectivity index (χ4n) is 4.76. The van der Waals surface area contributed by atoms with E-state index in [0.717, 1.165) is 39.1 Å². The third kappa shape index (κ3) is 4.12. The van der Waals surface area contributed by atoms with E-state index >= 15 is 0 Å². The summed E-state index contributed by atoms with van der Waals surface area (Å²) in [5.41, 5.74) is 7.07. The second-order valence-corrected chi connectivity index (χ2v) is 10.3. The van der Waals surface area contributed by atoms with E-state index in [2.05, 4.69) is 43.2 Å². The summed E-state index contributed by atoms with van der Waals surface area (Å²) in [5, 5.41) is 15.2. The highest BCUT2D eigenvalue weighted by Crippen LogP contribution is 2.40. The number of anilines is 1. The molecule has 1 aliphatic rings. The zero-order valence-electron chi connectivity index (χ0n) is 21.0. The first-order valence-electron chi connectivity index (χ1n) is 11.6. The minimum absolute atomic E-state index is 0.214. The third-order valence-corrected chi connectivity index (χ3v) is 6.36. The number of aliphatic imine (C=N–C) groups is 1. The molecule has 1 unspecified atom stereocenters. The van der Waals surface area contributed by atoms with Crippen molar-refractivity contribution in [2.24, 2.45) is 4.99 Å². The predicted octanol–water partition coefficient (Wildman–Crippen LogP) is 6.00. The van der Waals surface area contributed by atoms with E-state index in [-0.39, 0.29) is 5.41 Å². The molecule has 5 nitrogen and oxygen atoms in total. The molecule has 3 aromatic carbocycles. The lowest BCUT2D eigenvalue weighted by Crippen LogP contribution is -2.64. The molecule has 2 N–H and O–H groups in total. The Morgan fingerprint density at radius 2 is 1.50 bits per heavy atom. The molecule has 4 rings (SSSR count). The number of urea groups is 1. The first-order chi connectivity index (χ1) is 15.9. The van der Waals surface area contributed by atoms with Crippen LogP contribution in [0.25, 0.3) is 0 Å². The first-order valence-corrected chi connectivity index (χ1v) is 11.6. The number of amides is 2. The van der Waals surface area contributed by atoms with Gasteiger partial charge in [-0.3, -0.25) is 10.2 Å². The minimum Gasteiger partial charge on any atom is -0.350 e. The van der Waals surface area contributed by atoms with Crippen LogP contribution >= 0.6 is 0 Å². The number of aryl methyl sites for hydroxylation is 4. The quantitative estimate of drug-likeness (QED) is 0.509. The second kappa shape index (κ2) is 8.41. The van der Waals surface area contributed by atoms with Crippen LogP contribution in [-0.2, 0) is 11.3 Å². The summed E-state index contributed by atoms with van der Waals surface area (Å²) in [7, 11) is 0. The van der Waals surface area contributed by atoms with Crippen molar-refractivity contribution >= 4 is 17.6 Å². The first kappa shape index (κ1) is 23.7. The van der Waals surface area contributed by atoms with Crippen LogP contribution in [0.5, 0.6) is 0 Å². The Labute approximate surface area is 202 Å². The molecule has 176 valence electrons.